The number of methoxy groups -OCH3 is 1. The molecule has 12 heteroatoms. The van der Waals surface area contributed by atoms with E-state index >= 15 is 4.39 Å². The fourth-order valence-electron chi connectivity index (χ4n) is 7.65. The van der Waals surface area contributed by atoms with Crippen molar-refractivity contribution in [3.05, 3.63) is 72.3 Å². The third-order valence-electron chi connectivity index (χ3n) is 10.6. The Bertz CT molecular complexity index is 1650. The summed E-state index contributed by atoms with van der Waals surface area (Å²) in [5.74, 6) is 1.08. The maximum absolute atomic E-state index is 15.1. The Morgan fingerprint density at radius 1 is 0.980 bits per heavy atom. The van der Waals surface area contributed by atoms with Crippen LogP contribution >= 0.6 is 0 Å². The van der Waals surface area contributed by atoms with Crippen LogP contribution in [-0.4, -0.2) is 90.7 Å². The number of aromatic nitrogens is 2. The number of nitrogens with one attached hydrogen (secondary N) is 2. The topological polar surface area (TPSA) is 98.3 Å². The highest BCUT2D eigenvalue weighted by Gasteiger charge is 2.33. The number of hydroxylamine groups is 1. The third-order valence-corrected chi connectivity index (χ3v) is 10.6. The van der Waals surface area contributed by atoms with Gasteiger partial charge >= 0.3 is 0 Å². The Balaban J connectivity index is 1.07. The van der Waals surface area contributed by atoms with Crippen LogP contribution in [0.3, 0.4) is 0 Å². The van der Waals surface area contributed by atoms with Gasteiger partial charge in [0.1, 0.15) is 23.7 Å². The summed E-state index contributed by atoms with van der Waals surface area (Å²) < 4.78 is 21.0. The summed E-state index contributed by atoms with van der Waals surface area (Å²) in [6.07, 6.45) is 9.60. The average Bonchev–Trinajstić information content (AvgIpc) is 3.59. The van der Waals surface area contributed by atoms with E-state index in [9.17, 15) is 4.79 Å². The van der Waals surface area contributed by atoms with Crippen molar-refractivity contribution in [1.82, 2.24) is 19.8 Å². The summed E-state index contributed by atoms with van der Waals surface area (Å²) in [7, 11) is 1.63. The summed E-state index contributed by atoms with van der Waals surface area (Å²) >= 11 is 0. The zero-order valence-electron chi connectivity index (χ0n) is 28.5. The van der Waals surface area contributed by atoms with Crippen LogP contribution in [0.2, 0.25) is 0 Å². The van der Waals surface area contributed by atoms with Crippen LogP contribution in [0.1, 0.15) is 55.7 Å². The molecular weight excluding hydrogens is 623 g/mol. The summed E-state index contributed by atoms with van der Waals surface area (Å²) in [4.78, 5) is 35.2. The molecule has 1 unspecified atom stereocenters. The molecule has 0 spiro atoms. The molecule has 4 fully saturated rings. The normalized spacial score (nSPS) is 21.0. The zero-order chi connectivity index (χ0) is 33.9. The lowest BCUT2D eigenvalue weighted by molar-refractivity contribution is -0.111. The summed E-state index contributed by atoms with van der Waals surface area (Å²) in [6, 6.07) is 12.1. The summed E-state index contributed by atoms with van der Waals surface area (Å²) in [5, 5.41) is 8.03. The fraction of sp³-hybridized carbons (Fsp3) is 0.486. The summed E-state index contributed by atoms with van der Waals surface area (Å²) in [6.45, 7) is 12.3. The Labute approximate surface area is 288 Å². The molecule has 3 saturated heterocycles. The number of hydrogen-bond donors (Lipinski definition) is 2. The minimum atomic E-state index is -0.321. The van der Waals surface area contributed by atoms with Crippen LogP contribution in [0.25, 0.3) is 0 Å². The predicted molar refractivity (Wildman–Crippen MR) is 190 cm³/mol. The lowest BCUT2D eigenvalue weighted by Crippen LogP contribution is -2.56. The molecule has 1 aromatic heterocycles. The first kappa shape index (κ1) is 33.2. The first-order valence-electron chi connectivity index (χ1n) is 17.6. The van der Waals surface area contributed by atoms with Gasteiger partial charge in [-0.2, -0.15) is 0 Å². The molecule has 49 heavy (non-hydrogen) atoms. The first-order chi connectivity index (χ1) is 23.9. The van der Waals surface area contributed by atoms with Crippen molar-refractivity contribution in [3.63, 3.8) is 0 Å². The minimum Gasteiger partial charge on any atom is -0.494 e. The number of ether oxygens (including phenoxy) is 1. The van der Waals surface area contributed by atoms with Crippen LogP contribution in [0.4, 0.5) is 33.1 Å². The molecule has 4 heterocycles. The molecule has 1 amide bonds. The standard InChI is InChI=1S/C37H47FN8O3/c1-4-36(47)42-29-21-30(41-34-23-35(40-24-39-34)46-31(13-20-49-46)28-10-5-7-25(2)37(28)38)33(48-3)22-32(29)45-14-11-27(12-15-45)44-18-16-43(17-19-44)26-8-6-9-26/h4-5,7,10,21-24,26-27,31H,1,6,8-9,11-20H2,2-3H3,(H,42,47)(H,39,40,41). The van der Waals surface area contributed by atoms with E-state index in [1.54, 1.807) is 37.3 Å². The van der Waals surface area contributed by atoms with Crippen molar-refractivity contribution in [1.29, 1.82) is 0 Å². The molecule has 0 radical (unpaired) electrons. The van der Waals surface area contributed by atoms with E-state index in [1.807, 2.05) is 18.2 Å². The van der Waals surface area contributed by atoms with Crippen LogP contribution in [0.5, 0.6) is 5.75 Å². The molecule has 0 bridgehead atoms. The second kappa shape index (κ2) is 14.7. The Hall–Kier alpha value is -4.26. The number of anilines is 5. The lowest BCUT2D eigenvalue weighted by atomic mass is 9.91. The second-order valence-corrected chi connectivity index (χ2v) is 13.5. The molecule has 3 aliphatic heterocycles. The van der Waals surface area contributed by atoms with Crippen LogP contribution < -0.4 is 25.3 Å². The highest BCUT2D eigenvalue weighted by molar-refractivity contribution is 6.02. The van der Waals surface area contributed by atoms with Crippen molar-refractivity contribution < 1.29 is 18.8 Å². The number of benzene rings is 2. The minimum absolute atomic E-state index is 0.236. The van der Waals surface area contributed by atoms with E-state index in [-0.39, 0.29) is 17.8 Å². The smallest absolute Gasteiger partial charge is 0.247 e. The first-order valence-corrected chi connectivity index (χ1v) is 17.6. The Morgan fingerprint density at radius 3 is 2.39 bits per heavy atom. The number of hydrogen-bond acceptors (Lipinski definition) is 10. The molecule has 7 rings (SSSR count). The molecule has 2 N–H and O–H groups in total. The number of piperidine rings is 1. The molecule has 1 aliphatic carbocycles. The van der Waals surface area contributed by atoms with Gasteiger partial charge in [0.05, 0.1) is 36.8 Å². The molecule has 11 nitrogen and oxygen atoms in total. The molecule has 260 valence electrons. The Kier molecular flexibility index (Phi) is 9.97. The van der Waals surface area contributed by atoms with Crippen molar-refractivity contribution in [3.8, 4) is 5.75 Å². The van der Waals surface area contributed by atoms with Gasteiger partial charge in [-0.15, -0.1) is 0 Å². The van der Waals surface area contributed by atoms with Crippen molar-refractivity contribution in [2.24, 2.45) is 0 Å². The van der Waals surface area contributed by atoms with Crippen molar-refractivity contribution in [2.45, 2.75) is 63.6 Å². The number of nitrogens with zero attached hydrogens (tertiary/aromatic N) is 6. The second-order valence-electron chi connectivity index (χ2n) is 13.5. The molecule has 2 aromatic carbocycles. The maximum atomic E-state index is 15.1. The number of rotatable bonds is 10. The van der Waals surface area contributed by atoms with E-state index in [0.29, 0.717) is 59.0 Å². The average molecular weight is 671 g/mol. The number of carbonyl (C=O) groups excluding carboxylic acids is 1. The third kappa shape index (κ3) is 7.08. The SMILES string of the molecule is C=CC(=O)Nc1cc(Nc2cc(N3OCCC3c3cccc(C)c3F)ncn2)c(OC)cc1N1CCC(N2CCN(C3CCC3)CC2)CC1. The van der Waals surface area contributed by atoms with E-state index in [4.69, 9.17) is 9.57 Å². The maximum Gasteiger partial charge on any atom is 0.247 e. The van der Waals surface area contributed by atoms with Crippen molar-refractivity contribution >= 4 is 34.6 Å². The van der Waals surface area contributed by atoms with E-state index in [0.717, 1.165) is 50.7 Å². The monoisotopic (exact) mass is 670 g/mol. The van der Waals surface area contributed by atoms with Gasteiger partial charge in [-0.3, -0.25) is 19.4 Å². The highest BCUT2D eigenvalue weighted by atomic mass is 19.1. The predicted octanol–water partition coefficient (Wildman–Crippen LogP) is 5.82. The number of aryl methyl sites for hydroxylation is 1. The number of amides is 1. The van der Waals surface area contributed by atoms with Gasteiger partial charge in [0, 0.05) is 75.5 Å². The van der Waals surface area contributed by atoms with Gasteiger partial charge in [-0.1, -0.05) is 31.2 Å². The fourth-order valence-corrected chi connectivity index (χ4v) is 7.65. The van der Waals surface area contributed by atoms with Gasteiger partial charge in [0.2, 0.25) is 5.91 Å². The molecule has 1 saturated carbocycles. The molecular formula is C37H47FN8O3. The molecule has 1 atom stereocenters. The van der Waals surface area contributed by atoms with Crippen LogP contribution in [0.15, 0.2) is 55.4 Å². The van der Waals surface area contributed by atoms with Gasteiger partial charge in [0.15, 0.2) is 5.82 Å². The van der Waals surface area contributed by atoms with Crippen LogP contribution in [0, 0.1) is 12.7 Å². The number of carbonyl (C=O) groups is 1. The Morgan fingerprint density at radius 2 is 1.71 bits per heavy atom. The largest absolute Gasteiger partial charge is 0.494 e. The van der Waals surface area contributed by atoms with Gasteiger partial charge in [-0.25, -0.2) is 19.4 Å². The number of halogens is 1. The van der Waals surface area contributed by atoms with E-state index < -0.39 is 0 Å². The van der Waals surface area contributed by atoms with Gasteiger partial charge < -0.3 is 20.3 Å². The summed E-state index contributed by atoms with van der Waals surface area (Å²) in [5.41, 5.74) is 3.35. The molecule has 4 aliphatic rings. The lowest BCUT2D eigenvalue weighted by Gasteiger charge is -2.46. The zero-order valence-corrected chi connectivity index (χ0v) is 28.5. The van der Waals surface area contributed by atoms with Gasteiger partial charge in [0.25, 0.3) is 0 Å². The molecule has 3 aromatic rings. The van der Waals surface area contributed by atoms with Gasteiger partial charge in [-0.05, 0) is 50.3 Å². The van der Waals surface area contributed by atoms with Crippen LogP contribution in [-0.2, 0) is 9.63 Å². The quantitative estimate of drug-likeness (QED) is 0.257. The van der Waals surface area contributed by atoms with Crippen molar-refractivity contribution in [2.75, 3.05) is 73.6 Å². The van der Waals surface area contributed by atoms with E-state index in [1.165, 1.54) is 44.8 Å². The number of piperazine rings is 1. The van der Waals surface area contributed by atoms with E-state index in [2.05, 4.69) is 41.9 Å². The highest BCUT2D eigenvalue weighted by Crippen LogP contribution is 2.41.